The highest BCUT2D eigenvalue weighted by atomic mass is 32.2. The number of hydrogen-bond donors (Lipinski definition) is 0. The third kappa shape index (κ3) is 2.46. The summed E-state index contributed by atoms with van der Waals surface area (Å²) in [4.78, 5) is -0.109. The maximum Gasteiger partial charge on any atom is 0.212 e. The maximum atomic E-state index is 11.5. The van der Waals surface area contributed by atoms with E-state index in [1.165, 1.54) is 0 Å². The number of nitrogens with zero attached hydrogens (tertiary/aromatic N) is 1. The summed E-state index contributed by atoms with van der Waals surface area (Å²) in [5.41, 5.74) is 3.64. The zero-order valence-electron chi connectivity index (χ0n) is 12.0. The zero-order chi connectivity index (χ0) is 15.1. The van der Waals surface area contributed by atoms with Crippen molar-refractivity contribution in [1.29, 1.82) is 0 Å². The second-order valence-corrected chi connectivity index (χ2v) is 6.31. The van der Waals surface area contributed by atoms with Gasteiger partial charge >= 0.3 is 0 Å². The van der Waals surface area contributed by atoms with Crippen LogP contribution in [0, 0.1) is 20.8 Å². The van der Waals surface area contributed by atoms with Gasteiger partial charge in [0, 0.05) is 12.1 Å². The molecule has 0 bridgehead atoms. The standard InChI is InChI=1S/C15H17NO3S/c1-10-9-11(2)15(20(17,18)19)12(3)14(10)13-7-5-6-8-16(13)4/h5-9H,1-4H3. The van der Waals surface area contributed by atoms with Crippen LogP contribution in [0.1, 0.15) is 16.7 Å². The second kappa shape index (κ2) is 5.00. The molecule has 0 amide bonds. The van der Waals surface area contributed by atoms with E-state index in [2.05, 4.69) is 0 Å². The largest absolute Gasteiger partial charge is 0.744 e. The Bertz CT molecular complexity index is 780. The lowest BCUT2D eigenvalue weighted by Crippen LogP contribution is -2.30. The Morgan fingerprint density at radius 2 is 1.75 bits per heavy atom. The van der Waals surface area contributed by atoms with Crippen LogP contribution in [0.3, 0.4) is 0 Å². The highest BCUT2D eigenvalue weighted by Gasteiger charge is 2.21. The van der Waals surface area contributed by atoms with Crippen LogP contribution in [0.2, 0.25) is 0 Å². The molecular formula is C15H17NO3S. The number of rotatable bonds is 2. The predicted molar refractivity (Wildman–Crippen MR) is 75.2 cm³/mol. The lowest BCUT2D eigenvalue weighted by atomic mass is 9.96. The van der Waals surface area contributed by atoms with Crippen molar-refractivity contribution in [2.45, 2.75) is 25.7 Å². The van der Waals surface area contributed by atoms with E-state index in [1.54, 1.807) is 19.9 Å². The summed E-state index contributed by atoms with van der Waals surface area (Å²) in [7, 11) is -2.60. The van der Waals surface area contributed by atoms with E-state index in [0.717, 1.165) is 16.8 Å². The first-order valence-corrected chi connectivity index (χ1v) is 7.66. The highest BCUT2D eigenvalue weighted by Crippen LogP contribution is 2.31. The molecule has 0 fully saturated rings. The van der Waals surface area contributed by atoms with E-state index in [1.807, 2.05) is 42.9 Å². The van der Waals surface area contributed by atoms with Gasteiger partial charge in [0.15, 0.2) is 6.20 Å². The van der Waals surface area contributed by atoms with Crippen molar-refractivity contribution in [3.05, 3.63) is 47.2 Å². The average Bonchev–Trinajstić information content (AvgIpc) is 2.28. The fourth-order valence-electron chi connectivity index (χ4n) is 2.73. The van der Waals surface area contributed by atoms with E-state index in [9.17, 15) is 13.0 Å². The van der Waals surface area contributed by atoms with Crippen molar-refractivity contribution >= 4 is 10.1 Å². The Balaban J connectivity index is 2.89. The molecule has 1 heterocycles. The number of aromatic nitrogens is 1. The summed E-state index contributed by atoms with van der Waals surface area (Å²) in [6.45, 7) is 5.26. The quantitative estimate of drug-likeness (QED) is 0.628. The molecule has 2 rings (SSSR count). The summed E-state index contributed by atoms with van der Waals surface area (Å²) < 4.78 is 36.4. The third-order valence-electron chi connectivity index (χ3n) is 3.46. The molecule has 20 heavy (non-hydrogen) atoms. The molecule has 0 aliphatic heterocycles. The highest BCUT2D eigenvalue weighted by molar-refractivity contribution is 7.85. The van der Waals surface area contributed by atoms with Crippen LogP contribution >= 0.6 is 0 Å². The molecule has 0 aliphatic carbocycles. The van der Waals surface area contributed by atoms with E-state index in [4.69, 9.17) is 0 Å². The molecular weight excluding hydrogens is 274 g/mol. The maximum absolute atomic E-state index is 11.5. The summed E-state index contributed by atoms with van der Waals surface area (Å²) in [6.07, 6.45) is 1.89. The van der Waals surface area contributed by atoms with Crippen LogP contribution in [0.25, 0.3) is 11.3 Å². The van der Waals surface area contributed by atoms with Crippen LogP contribution in [0.15, 0.2) is 35.4 Å². The zero-order valence-corrected chi connectivity index (χ0v) is 12.8. The molecule has 0 spiro atoms. The molecule has 2 aromatic rings. The first kappa shape index (κ1) is 14.7. The van der Waals surface area contributed by atoms with Crippen LogP contribution < -0.4 is 4.57 Å². The summed E-state index contributed by atoms with van der Waals surface area (Å²) >= 11 is 0. The first-order chi connectivity index (χ1) is 9.23. The molecule has 0 N–H and O–H groups in total. The lowest BCUT2D eigenvalue weighted by Gasteiger charge is -2.18. The number of benzene rings is 1. The minimum Gasteiger partial charge on any atom is -0.744 e. The van der Waals surface area contributed by atoms with Crippen LogP contribution in [-0.2, 0) is 17.2 Å². The van der Waals surface area contributed by atoms with Gasteiger partial charge in [-0.05, 0) is 43.5 Å². The SMILES string of the molecule is Cc1cc(C)c(S(=O)(=O)[O-])c(C)c1-c1cccc[n+]1C. The van der Waals surface area contributed by atoms with E-state index < -0.39 is 10.1 Å². The molecule has 0 radical (unpaired) electrons. The Morgan fingerprint density at radius 3 is 2.30 bits per heavy atom. The predicted octanol–water partition coefficient (Wildman–Crippen LogP) is 2.01. The molecule has 0 unspecified atom stereocenters. The fraction of sp³-hybridized carbons (Fsp3) is 0.267. The van der Waals surface area contributed by atoms with Gasteiger partial charge in [-0.3, -0.25) is 0 Å². The average molecular weight is 291 g/mol. The molecule has 106 valence electrons. The molecule has 0 saturated carbocycles. The third-order valence-corrected chi connectivity index (χ3v) is 4.59. The van der Waals surface area contributed by atoms with Gasteiger partial charge in [-0.2, -0.15) is 0 Å². The van der Waals surface area contributed by atoms with Crippen LogP contribution in [0.5, 0.6) is 0 Å². The van der Waals surface area contributed by atoms with Crippen LogP contribution in [-0.4, -0.2) is 13.0 Å². The molecule has 0 saturated heterocycles. The van der Waals surface area contributed by atoms with Gasteiger partial charge in [-0.25, -0.2) is 13.0 Å². The molecule has 5 heteroatoms. The normalized spacial score (nSPS) is 11.7. The van der Waals surface area contributed by atoms with Crippen molar-refractivity contribution in [2.75, 3.05) is 0 Å². The minimum atomic E-state index is -4.48. The Labute approximate surface area is 119 Å². The smallest absolute Gasteiger partial charge is 0.212 e. The summed E-state index contributed by atoms with van der Waals surface area (Å²) in [5.74, 6) is 0. The number of pyridine rings is 1. The Hall–Kier alpha value is -1.72. The van der Waals surface area contributed by atoms with Gasteiger partial charge in [-0.15, -0.1) is 0 Å². The van der Waals surface area contributed by atoms with Crippen molar-refractivity contribution in [2.24, 2.45) is 7.05 Å². The number of hydrogen-bond acceptors (Lipinski definition) is 3. The van der Waals surface area contributed by atoms with Gasteiger partial charge in [0.25, 0.3) is 0 Å². The van der Waals surface area contributed by atoms with Gasteiger partial charge in [0.05, 0.1) is 10.5 Å². The number of aryl methyl sites for hydroxylation is 3. The van der Waals surface area contributed by atoms with Crippen LogP contribution in [0.4, 0.5) is 0 Å². The van der Waals surface area contributed by atoms with Gasteiger partial charge in [0.1, 0.15) is 17.2 Å². The Morgan fingerprint density at radius 1 is 1.10 bits per heavy atom. The summed E-state index contributed by atoms with van der Waals surface area (Å²) in [6, 6.07) is 7.44. The van der Waals surface area contributed by atoms with Crippen molar-refractivity contribution in [3.63, 3.8) is 0 Å². The molecule has 0 atom stereocenters. The van der Waals surface area contributed by atoms with Gasteiger partial charge in [0.2, 0.25) is 5.69 Å². The van der Waals surface area contributed by atoms with Crippen molar-refractivity contribution < 1.29 is 17.5 Å². The second-order valence-electron chi connectivity index (χ2n) is 4.99. The molecule has 1 aromatic heterocycles. The Kier molecular flexibility index (Phi) is 3.67. The van der Waals surface area contributed by atoms with Gasteiger partial charge in [-0.1, -0.05) is 6.07 Å². The first-order valence-electron chi connectivity index (χ1n) is 6.25. The topological polar surface area (TPSA) is 61.1 Å². The molecule has 0 aliphatic rings. The molecule has 1 aromatic carbocycles. The minimum absolute atomic E-state index is 0.109. The molecule has 4 nitrogen and oxygen atoms in total. The van der Waals surface area contributed by atoms with E-state index in [0.29, 0.717) is 11.1 Å². The summed E-state index contributed by atoms with van der Waals surface area (Å²) in [5, 5.41) is 0. The van der Waals surface area contributed by atoms with Crippen molar-refractivity contribution in [3.8, 4) is 11.3 Å². The lowest BCUT2D eigenvalue weighted by molar-refractivity contribution is -0.660. The van der Waals surface area contributed by atoms with Gasteiger partial charge < -0.3 is 4.55 Å². The van der Waals surface area contributed by atoms with E-state index >= 15 is 0 Å². The monoisotopic (exact) mass is 291 g/mol. The fourth-order valence-corrected chi connectivity index (χ4v) is 3.66. The van der Waals surface area contributed by atoms with E-state index in [-0.39, 0.29) is 4.90 Å². The van der Waals surface area contributed by atoms with Crippen molar-refractivity contribution in [1.82, 2.24) is 0 Å².